The maximum absolute atomic E-state index is 2.42. The molecule has 0 aromatic carbocycles. The minimum absolute atomic E-state index is 0.440. The van der Waals surface area contributed by atoms with Crippen molar-refractivity contribution in [2.24, 2.45) is 0 Å². The number of hydrogen-bond acceptors (Lipinski definition) is 1. The van der Waals surface area contributed by atoms with Gasteiger partial charge in [-0.2, -0.15) is 0 Å². The predicted molar refractivity (Wildman–Crippen MR) is 42.1 cm³/mol. The Morgan fingerprint density at radius 2 is 1.75 bits per heavy atom. The third-order valence-corrected chi connectivity index (χ3v) is 3.65. The van der Waals surface area contributed by atoms with E-state index in [4.69, 9.17) is 0 Å². The SMILES string of the molecule is CN1CC[SH](C)CC1. The highest BCUT2D eigenvalue weighted by Gasteiger charge is 2.07. The first-order chi connectivity index (χ1) is 3.79. The van der Waals surface area contributed by atoms with Gasteiger partial charge in [0.1, 0.15) is 0 Å². The molecule has 1 aliphatic heterocycles. The standard InChI is InChI=1S/C6H15NS/c1-7-3-5-8(2)6-4-7/h8H,3-6H2,1-2H3. The van der Waals surface area contributed by atoms with Gasteiger partial charge in [0.15, 0.2) is 0 Å². The van der Waals surface area contributed by atoms with E-state index in [1.165, 1.54) is 24.6 Å². The van der Waals surface area contributed by atoms with E-state index in [1.54, 1.807) is 0 Å². The highest BCUT2D eigenvalue weighted by molar-refractivity contribution is 8.16. The van der Waals surface area contributed by atoms with E-state index in [0.717, 1.165) is 0 Å². The van der Waals surface area contributed by atoms with E-state index in [9.17, 15) is 0 Å². The van der Waals surface area contributed by atoms with Crippen LogP contribution in [0.25, 0.3) is 0 Å². The molecule has 2 heteroatoms. The van der Waals surface area contributed by atoms with Crippen LogP contribution < -0.4 is 0 Å². The average molecular weight is 133 g/mol. The smallest absolute Gasteiger partial charge is 0.00527 e. The molecule has 0 bridgehead atoms. The molecule has 1 rings (SSSR count). The fraction of sp³-hybridized carbons (Fsp3) is 1.00. The van der Waals surface area contributed by atoms with Crippen LogP contribution in [-0.2, 0) is 0 Å². The minimum Gasteiger partial charge on any atom is -0.305 e. The van der Waals surface area contributed by atoms with Gasteiger partial charge in [-0.25, -0.2) is 0 Å². The van der Waals surface area contributed by atoms with Gasteiger partial charge in [-0.15, -0.1) is 0 Å². The lowest BCUT2D eigenvalue weighted by Crippen LogP contribution is -2.30. The molecule has 0 aromatic rings. The zero-order chi connectivity index (χ0) is 5.98. The molecule has 1 aliphatic rings. The van der Waals surface area contributed by atoms with Crippen molar-refractivity contribution in [3.05, 3.63) is 0 Å². The van der Waals surface area contributed by atoms with Gasteiger partial charge < -0.3 is 4.90 Å². The first-order valence-electron chi connectivity index (χ1n) is 3.16. The maximum atomic E-state index is 2.42. The maximum Gasteiger partial charge on any atom is 0.00527 e. The van der Waals surface area contributed by atoms with Crippen LogP contribution in [0, 0.1) is 0 Å². The van der Waals surface area contributed by atoms with Gasteiger partial charge in [-0.05, 0) is 24.8 Å². The first kappa shape index (κ1) is 6.43. The molecule has 0 aromatic heterocycles. The van der Waals surface area contributed by atoms with Crippen molar-refractivity contribution in [3.8, 4) is 0 Å². The number of hydrogen-bond donors (Lipinski definition) is 1. The molecule has 0 spiro atoms. The Morgan fingerprint density at radius 1 is 1.25 bits per heavy atom. The highest BCUT2D eigenvalue weighted by Crippen LogP contribution is 2.22. The number of thiol groups is 1. The summed E-state index contributed by atoms with van der Waals surface area (Å²) in [6.45, 7) is 2.67. The lowest BCUT2D eigenvalue weighted by molar-refractivity contribution is 0.370. The summed E-state index contributed by atoms with van der Waals surface area (Å²) in [4.78, 5) is 2.42. The summed E-state index contributed by atoms with van der Waals surface area (Å²) in [5, 5.41) is 0. The van der Waals surface area contributed by atoms with Crippen LogP contribution in [0.1, 0.15) is 0 Å². The van der Waals surface area contributed by atoms with Crippen LogP contribution in [-0.4, -0.2) is 42.8 Å². The molecule has 0 atom stereocenters. The molecule has 1 heterocycles. The summed E-state index contributed by atoms with van der Waals surface area (Å²) in [7, 11) is 2.65. The zero-order valence-electron chi connectivity index (χ0n) is 5.72. The van der Waals surface area contributed by atoms with Crippen LogP contribution in [0.3, 0.4) is 0 Å². The quantitative estimate of drug-likeness (QED) is 0.473. The van der Waals surface area contributed by atoms with E-state index in [0.29, 0.717) is 10.9 Å². The Morgan fingerprint density at radius 3 is 2.12 bits per heavy atom. The van der Waals surface area contributed by atoms with Crippen molar-refractivity contribution in [1.29, 1.82) is 0 Å². The van der Waals surface area contributed by atoms with E-state index in [1.807, 2.05) is 0 Å². The van der Waals surface area contributed by atoms with E-state index in [2.05, 4.69) is 18.2 Å². The third kappa shape index (κ3) is 1.67. The van der Waals surface area contributed by atoms with Gasteiger partial charge in [0.2, 0.25) is 0 Å². The summed E-state index contributed by atoms with van der Waals surface area (Å²) in [6.07, 6.45) is 2.41. The fourth-order valence-electron chi connectivity index (χ4n) is 0.906. The van der Waals surface area contributed by atoms with Crippen LogP contribution in [0.2, 0.25) is 0 Å². The van der Waals surface area contributed by atoms with E-state index >= 15 is 0 Å². The molecule has 0 saturated carbocycles. The summed E-state index contributed by atoms with van der Waals surface area (Å²) in [6, 6.07) is 0. The fourth-order valence-corrected chi connectivity index (χ4v) is 2.50. The second-order valence-electron chi connectivity index (χ2n) is 2.61. The van der Waals surface area contributed by atoms with Gasteiger partial charge >= 0.3 is 0 Å². The summed E-state index contributed by atoms with van der Waals surface area (Å²) >= 11 is 0. The van der Waals surface area contributed by atoms with E-state index < -0.39 is 0 Å². The first-order valence-corrected chi connectivity index (χ1v) is 5.32. The molecule has 1 saturated heterocycles. The zero-order valence-corrected chi connectivity index (χ0v) is 6.62. The molecule has 0 N–H and O–H groups in total. The lowest BCUT2D eigenvalue weighted by atomic mass is 10.6. The van der Waals surface area contributed by atoms with Crippen LogP contribution in [0.4, 0.5) is 0 Å². The summed E-state index contributed by atoms with van der Waals surface area (Å²) in [5.41, 5.74) is 0. The molecule has 0 aliphatic carbocycles. The van der Waals surface area contributed by atoms with Crippen molar-refractivity contribution in [1.82, 2.24) is 4.90 Å². The van der Waals surface area contributed by atoms with Crippen molar-refractivity contribution >= 4 is 10.9 Å². The Bertz CT molecular complexity index is 56.9. The molecule has 0 amide bonds. The average Bonchev–Trinajstić information content (AvgIpc) is 1.77. The van der Waals surface area contributed by atoms with Gasteiger partial charge in [-0.1, -0.05) is 0 Å². The van der Waals surface area contributed by atoms with Crippen LogP contribution in [0.15, 0.2) is 0 Å². The molecular weight excluding hydrogens is 118 g/mol. The normalized spacial score (nSPS) is 28.5. The van der Waals surface area contributed by atoms with Crippen molar-refractivity contribution in [2.45, 2.75) is 0 Å². The van der Waals surface area contributed by atoms with Crippen molar-refractivity contribution in [2.75, 3.05) is 37.9 Å². The van der Waals surface area contributed by atoms with Crippen LogP contribution >= 0.6 is 10.9 Å². The molecule has 8 heavy (non-hydrogen) atoms. The summed E-state index contributed by atoms with van der Waals surface area (Å²) < 4.78 is 0. The second-order valence-corrected chi connectivity index (χ2v) is 5.21. The lowest BCUT2D eigenvalue weighted by Gasteiger charge is -2.28. The number of nitrogens with zero attached hydrogens (tertiary/aromatic N) is 1. The molecule has 0 unspecified atom stereocenters. The number of rotatable bonds is 0. The third-order valence-electron chi connectivity index (χ3n) is 1.73. The highest BCUT2D eigenvalue weighted by atomic mass is 32.2. The molecule has 50 valence electrons. The van der Waals surface area contributed by atoms with Gasteiger partial charge in [0.25, 0.3) is 0 Å². The van der Waals surface area contributed by atoms with Crippen LogP contribution in [0.5, 0.6) is 0 Å². The van der Waals surface area contributed by atoms with Gasteiger partial charge in [0, 0.05) is 13.1 Å². The van der Waals surface area contributed by atoms with Gasteiger partial charge in [0.05, 0.1) is 0 Å². The van der Waals surface area contributed by atoms with Gasteiger partial charge in [-0.3, -0.25) is 10.9 Å². The monoisotopic (exact) mass is 133 g/mol. The molecular formula is C6H15NS. The van der Waals surface area contributed by atoms with Crippen molar-refractivity contribution < 1.29 is 0 Å². The minimum atomic E-state index is 0.440. The summed E-state index contributed by atoms with van der Waals surface area (Å²) in [5.74, 6) is 2.93. The Kier molecular flexibility index (Phi) is 2.20. The molecule has 0 radical (unpaired) electrons. The Balaban J connectivity index is 2.19. The largest absolute Gasteiger partial charge is 0.305 e. The molecule has 1 fully saturated rings. The molecule has 1 nitrogen and oxygen atoms in total. The predicted octanol–water partition coefficient (Wildman–Crippen LogP) is 0.563. The van der Waals surface area contributed by atoms with Crippen molar-refractivity contribution in [3.63, 3.8) is 0 Å². The Labute approximate surface area is 54.4 Å². The topological polar surface area (TPSA) is 3.24 Å². The second kappa shape index (κ2) is 2.74. The Hall–Kier alpha value is 0.310. The van der Waals surface area contributed by atoms with E-state index in [-0.39, 0.29) is 0 Å².